The van der Waals surface area contributed by atoms with Gasteiger partial charge in [-0.25, -0.2) is 9.37 Å². The van der Waals surface area contributed by atoms with Crippen LogP contribution in [0.4, 0.5) is 10.1 Å². The molecule has 1 fully saturated rings. The van der Waals surface area contributed by atoms with Gasteiger partial charge in [-0.15, -0.1) is 0 Å². The van der Waals surface area contributed by atoms with Gasteiger partial charge >= 0.3 is 0 Å². The number of halogens is 2. The molecule has 30 heavy (non-hydrogen) atoms. The molecular weight excluding hydrogens is 429 g/mol. The fourth-order valence-electron chi connectivity index (χ4n) is 3.30. The number of anilines is 1. The van der Waals surface area contributed by atoms with Crippen molar-refractivity contribution in [1.29, 1.82) is 0 Å². The molecule has 1 aliphatic rings. The summed E-state index contributed by atoms with van der Waals surface area (Å²) < 4.78 is 20.3. The van der Waals surface area contributed by atoms with Gasteiger partial charge in [-0.3, -0.25) is 14.2 Å². The van der Waals surface area contributed by atoms with Crippen molar-refractivity contribution in [3.8, 4) is 0 Å². The predicted molar refractivity (Wildman–Crippen MR) is 116 cm³/mol. The number of carbonyl (C=O) groups excluding carboxylic acids is 1. The van der Waals surface area contributed by atoms with E-state index in [1.165, 1.54) is 24.3 Å². The molecule has 0 aliphatic carbocycles. The average Bonchev–Trinajstić information content (AvgIpc) is 3.23. The molecule has 9 heteroatoms. The van der Waals surface area contributed by atoms with Gasteiger partial charge in [-0.05, 0) is 55.3 Å². The van der Waals surface area contributed by atoms with Crippen LogP contribution in [-0.4, -0.2) is 33.9 Å². The molecule has 3 aromatic rings. The smallest absolute Gasteiger partial charge is 0.262 e. The molecule has 0 bridgehead atoms. The Morgan fingerprint density at radius 3 is 2.83 bits per heavy atom. The largest absolute Gasteiger partial charge is 0.376 e. The molecule has 0 saturated carbocycles. The lowest BCUT2D eigenvalue weighted by Gasteiger charge is -2.16. The Morgan fingerprint density at radius 2 is 2.10 bits per heavy atom. The van der Waals surface area contributed by atoms with E-state index in [-0.39, 0.29) is 29.1 Å². The minimum Gasteiger partial charge on any atom is -0.376 e. The van der Waals surface area contributed by atoms with Gasteiger partial charge in [0.25, 0.3) is 5.56 Å². The molecule has 6 nitrogen and oxygen atoms in total. The Kier molecular flexibility index (Phi) is 6.36. The lowest BCUT2D eigenvalue weighted by Crippen LogP contribution is -2.29. The highest BCUT2D eigenvalue weighted by atomic mass is 35.5. The number of aromatic nitrogens is 2. The maximum Gasteiger partial charge on any atom is 0.262 e. The molecule has 1 saturated heterocycles. The third-order valence-corrected chi connectivity index (χ3v) is 5.96. The molecule has 0 spiro atoms. The van der Waals surface area contributed by atoms with Gasteiger partial charge in [0.1, 0.15) is 5.82 Å². The average molecular weight is 448 g/mol. The Hall–Kier alpha value is -2.42. The van der Waals surface area contributed by atoms with Crippen molar-refractivity contribution >= 4 is 45.9 Å². The van der Waals surface area contributed by atoms with E-state index in [0.717, 1.165) is 24.6 Å². The van der Waals surface area contributed by atoms with Gasteiger partial charge in [0, 0.05) is 17.3 Å². The molecule has 0 radical (unpaired) electrons. The van der Waals surface area contributed by atoms with E-state index >= 15 is 0 Å². The summed E-state index contributed by atoms with van der Waals surface area (Å²) in [4.78, 5) is 30.0. The van der Waals surface area contributed by atoms with Crippen molar-refractivity contribution in [2.24, 2.45) is 0 Å². The second-order valence-electron chi connectivity index (χ2n) is 6.95. The van der Waals surface area contributed by atoms with E-state index in [2.05, 4.69) is 10.3 Å². The quantitative estimate of drug-likeness (QED) is 0.455. The van der Waals surface area contributed by atoms with Crippen LogP contribution in [-0.2, 0) is 16.1 Å². The van der Waals surface area contributed by atoms with Gasteiger partial charge < -0.3 is 10.1 Å². The van der Waals surface area contributed by atoms with Crippen LogP contribution in [0, 0.1) is 5.82 Å². The highest BCUT2D eigenvalue weighted by Crippen LogP contribution is 2.23. The molecule has 1 amide bonds. The SMILES string of the molecule is O=C(CSc1nc2cc(Cl)ccc2c(=O)n1CC1CCCO1)Nc1ccc(F)cc1. The summed E-state index contributed by atoms with van der Waals surface area (Å²) >= 11 is 7.23. The van der Waals surface area contributed by atoms with Gasteiger partial charge in [-0.1, -0.05) is 23.4 Å². The van der Waals surface area contributed by atoms with Crippen LogP contribution >= 0.6 is 23.4 Å². The summed E-state index contributed by atoms with van der Waals surface area (Å²) in [5, 5.41) is 4.09. The number of thioether (sulfide) groups is 1. The van der Waals surface area contributed by atoms with Crippen molar-refractivity contribution in [3.63, 3.8) is 0 Å². The molecular formula is C21H19ClFN3O3S. The van der Waals surface area contributed by atoms with E-state index in [1.807, 2.05) is 0 Å². The fourth-order valence-corrected chi connectivity index (χ4v) is 4.27. The van der Waals surface area contributed by atoms with Crippen LogP contribution < -0.4 is 10.9 Å². The Labute approximate surface area is 181 Å². The first-order valence-electron chi connectivity index (χ1n) is 9.49. The van der Waals surface area contributed by atoms with Gasteiger partial charge in [0.05, 0.1) is 29.3 Å². The molecule has 2 heterocycles. The molecule has 1 aromatic heterocycles. The highest BCUT2D eigenvalue weighted by Gasteiger charge is 2.21. The van der Waals surface area contributed by atoms with Crippen LogP contribution in [0.25, 0.3) is 10.9 Å². The topological polar surface area (TPSA) is 73.2 Å². The zero-order chi connectivity index (χ0) is 21.1. The number of nitrogens with one attached hydrogen (secondary N) is 1. The standard InChI is InChI=1S/C21H19ClFN3O3S/c22-13-3-8-17-18(10-13)25-21(26(20(17)28)11-16-2-1-9-29-16)30-12-19(27)24-15-6-4-14(23)5-7-15/h3-8,10,16H,1-2,9,11-12H2,(H,24,27). The summed E-state index contributed by atoms with van der Waals surface area (Å²) in [5.41, 5.74) is 0.795. The second-order valence-corrected chi connectivity index (χ2v) is 8.33. The zero-order valence-electron chi connectivity index (χ0n) is 15.9. The van der Waals surface area contributed by atoms with Crippen LogP contribution in [0.1, 0.15) is 12.8 Å². The summed E-state index contributed by atoms with van der Waals surface area (Å²) in [6, 6.07) is 10.5. The van der Waals surface area contributed by atoms with Crippen molar-refractivity contribution in [3.05, 3.63) is 63.7 Å². The predicted octanol–water partition coefficient (Wildman–Crippen LogP) is 4.10. The van der Waals surface area contributed by atoms with E-state index in [1.54, 1.807) is 22.8 Å². The highest BCUT2D eigenvalue weighted by molar-refractivity contribution is 7.99. The van der Waals surface area contributed by atoms with Gasteiger partial charge in [-0.2, -0.15) is 0 Å². The van der Waals surface area contributed by atoms with Crippen molar-refractivity contribution in [1.82, 2.24) is 9.55 Å². The first kappa shape index (κ1) is 20.8. The Bertz CT molecular complexity index is 1130. The maximum atomic E-state index is 13.1. The fraction of sp³-hybridized carbons (Fsp3) is 0.286. The van der Waals surface area contributed by atoms with Gasteiger partial charge in [0.15, 0.2) is 5.16 Å². The van der Waals surface area contributed by atoms with E-state index in [0.29, 0.717) is 39.9 Å². The molecule has 2 aromatic carbocycles. The molecule has 156 valence electrons. The first-order valence-corrected chi connectivity index (χ1v) is 10.9. The van der Waals surface area contributed by atoms with Crippen LogP contribution in [0.3, 0.4) is 0 Å². The first-order chi connectivity index (χ1) is 14.5. The number of rotatable bonds is 6. The lowest BCUT2D eigenvalue weighted by atomic mass is 10.2. The van der Waals surface area contributed by atoms with E-state index in [4.69, 9.17) is 16.3 Å². The summed E-state index contributed by atoms with van der Waals surface area (Å²) in [7, 11) is 0. The van der Waals surface area contributed by atoms with E-state index in [9.17, 15) is 14.0 Å². The zero-order valence-corrected chi connectivity index (χ0v) is 17.5. The number of amides is 1. The summed E-state index contributed by atoms with van der Waals surface area (Å²) in [5.74, 6) is -0.614. The molecule has 1 atom stereocenters. The number of hydrogen-bond donors (Lipinski definition) is 1. The number of hydrogen-bond acceptors (Lipinski definition) is 5. The lowest BCUT2D eigenvalue weighted by molar-refractivity contribution is -0.113. The maximum absolute atomic E-state index is 13.1. The Morgan fingerprint density at radius 1 is 1.30 bits per heavy atom. The van der Waals surface area contributed by atoms with Crippen molar-refractivity contribution in [2.45, 2.75) is 30.6 Å². The van der Waals surface area contributed by atoms with Crippen LogP contribution in [0.15, 0.2) is 52.4 Å². The monoisotopic (exact) mass is 447 g/mol. The Balaban J connectivity index is 1.58. The van der Waals surface area contributed by atoms with E-state index < -0.39 is 0 Å². The van der Waals surface area contributed by atoms with Crippen molar-refractivity contribution in [2.75, 3.05) is 17.7 Å². The van der Waals surface area contributed by atoms with Crippen LogP contribution in [0.5, 0.6) is 0 Å². The molecule has 1 aliphatic heterocycles. The summed E-state index contributed by atoms with van der Waals surface area (Å²) in [6.45, 7) is 1.06. The normalized spacial score (nSPS) is 16.1. The second kappa shape index (κ2) is 9.16. The third kappa shape index (κ3) is 4.83. The van der Waals surface area contributed by atoms with Gasteiger partial charge in [0.2, 0.25) is 5.91 Å². The third-order valence-electron chi connectivity index (χ3n) is 4.75. The minimum atomic E-state index is -0.375. The molecule has 1 N–H and O–H groups in total. The number of fused-ring (bicyclic) bond motifs is 1. The number of benzene rings is 2. The minimum absolute atomic E-state index is 0.0431. The number of nitrogens with zero attached hydrogens (tertiary/aromatic N) is 2. The summed E-state index contributed by atoms with van der Waals surface area (Å²) in [6.07, 6.45) is 1.78. The van der Waals surface area contributed by atoms with Crippen LogP contribution in [0.2, 0.25) is 5.02 Å². The number of ether oxygens (including phenoxy) is 1. The van der Waals surface area contributed by atoms with Crippen molar-refractivity contribution < 1.29 is 13.9 Å². The molecule has 1 unspecified atom stereocenters. The molecule has 4 rings (SSSR count). The number of carbonyl (C=O) groups is 1.